The molecule has 3 atom stereocenters. The molecule has 0 spiro atoms. The smallest absolute Gasteiger partial charge is 0.408 e. The molecule has 4 N–H and O–H groups in total. The number of aromatic amines is 2. The molecular formula is C46H48N8O6. The molecule has 0 saturated carbocycles. The number of benzene rings is 4. The fourth-order valence-corrected chi connectivity index (χ4v) is 8.19. The van der Waals surface area contributed by atoms with Gasteiger partial charge in [-0.1, -0.05) is 78.9 Å². The predicted molar refractivity (Wildman–Crippen MR) is 226 cm³/mol. The summed E-state index contributed by atoms with van der Waals surface area (Å²) in [6, 6.07) is 28.9. The average Bonchev–Trinajstić information content (AvgIpc) is 4.11. The molecule has 2 fully saturated rings. The molecule has 14 heteroatoms. The second kappa shape index (κ2) is 17.5. The van der Waals surface area contributed by atoms with Gasteiger partial charge in [0.15, 0.2) is 0 Å². The lowest BCUT2D eigenvalue weighted by molar-refractivity contribution is -0.134. The number of carbonyl (C=O) groups excluding carboxylic acids is 4. The number of imidazole rings is 2. The molecule has 2 aromatic heterocycles. The number of carbonyl (C=O) groups is 4. The standard InChI is InChI=1S/C46H48N8O6/c1-28(2)60-46(58)52-41(31-9-5-4-6-10-31)44(56)54-22-8-12-39(54)43-47-25-36(50-43)30-15-13-29(14-16-30)32-17-18-34-24-35(20-19-33(34)23-32)37-26-48-42(51-37)38-11-7-21-53(38)40(55)27-49-45(57)59-3/h4-6,9-10,13-20,23-26,28,38-39,41H,7-8,11-12,21-22,27H2,1-3H3,(H,47,50)(H,48,51)(H,49,57)(H,52,58)/t38-,39-,41+/m0/s1. The fraction of sp³-hybridized carbons (Fsp3) is 0.304. The van der Waals surface area contributed by atoms with Crippen LogP contribution in [0.15, 0.2) is 103 Å². The van der Waals surface area contributed by atoms with Gasteiger partial charge in [-0.3, -0.25) is 9.59 Å². The first-order valence-electron chi connectivity index (χ1n) is 20.3. The molecule has 0 unspecified atom stereocenters. The van der Waals surface area contributed by atoms with E-state index in [-0.39, 0.29) is 36.5 Å². The molecular weight excluding hydrogens is 761 g/mol. The Balaban J connectivity index is 0.935. The van der Waals surface area contributed by atoms with Crippen LogP contribution in [-0.4, -0.2) is 86.6 Å². The number of nitrogens with zero attached hydrogens (tertiary/aromatic N) is 4. The highest BCUT2D eigenvalue weighted by Gasteiger charge is 2.37. The van der Waals surface area contributed by atoms with Gasteiger partial charge in [-0.05, 0) is 84.7 Å². The molecule has 4 amide bonds. The molecule has 8 rings (SSSR count). The van der Waals surface area contributed by atoms with Gasteiger partial charge < -0.3 is 39.9 Å². The quantitative estimate of drug-likeness (QED) is 0.102. The lowest BCUT2D eigenvalue weighted by Crippen LogP contribution is -2.43. The predicted octanol–water partition coefficient (Wildman–Crippen LogP) is 7.85. The number of nitrogens with one attached hydrogen (secondary N) is 4. The summed E-state index contributed by atoms with van der Waals surface area (Å²) in [5.41, 5.74) is 6.52. The fourth-order valence-electron chi connectivity index (χ4n) is 8.19. The van der Waals surface area contributed by atoms with E-state index in [9.17, 15) is 19.2 Å². The van der Waals surface area contributed by atoms with Gasteiger partial charge in [0.05, 0.1) is 49.1 Å². The van der Waals surface area contributed by atoms with Crippen molar-refractivity contribution in [2.75, 3.05) is 26.7 Å². The molecule has 308 valence electrons. The van der Waals surface area contributed by atoms with E-state index in [1.54, 1.807) is 29.8 Å². The highest BCUT2D eigenvalue weighted by atomic mass is 16.6. The van der Waals surface area contributed by atoms with Crippen LogP contribution in [0.25, 0.3) is 44.4 Å². The number of aromatic nitrogens is 4. The number of hydrogen-bond acceptors (Lipinski definition) is 8. The Morgan fingerprint density at radius 2 is 1.28 bits per heavy atom. The highest BCUT2D eigenvalue weighted by molar-refractivity contribution is 5.91. The molecule has 4 aromatic carbocycles. The first kappa shape index (κ1) is 39.8. The Morgan fingerprint density at radius 1 is 0.717 bits per heavy atom. The van der Waals surface area contributed by atoms with Crippen molar-refractivity contribution in [3.05, 3.63) is 121 Å². The number of amides is 4. The van der Waals surface area contributed by atoms with Crippen LogP contribution in [0.1, 0.15) is 74.9 Å². The highest BCUT2D eigenvalue weighted by Crippen LogP contribution is 2.36. The van der Waals surface area contributed by atoms with Crippen molar-refractivity contribution < 1.29 is 28.7 Å². The van der Waals surface area contributed by atoms with Gasteiger partial charge in [0.2, 0.25) is 5.91 Å². The minimum atomic E-state index is -0.889. The van der Waals surface area contributed by atoms with Gasteiger partial charge in [0.25, 0.3) is 5.91 Å². The maximum Gasteiger partial charge on any atom is 0.408 e. The van der Waals surface area contributed by atoms with Crippen molar-refractivity contribution in [2.24, 2.45) is 0 Å². The molecule has 0 aliphatic carbocycles. The van der Waals surface area contributed by atoms with Crippen LogP contribution in [-0.2, 0) is 19.1 Å². The number of methoxy groups -OCH3 is 1. The largest absolute Gasteiger partial charge is 0.453 e. The summed E-state index contributed by atoms with van der Waals surface area (Å²) in [7, 11) is 1.27. The number of fused-ring (bicyclic) bond motifs is 1. The maximum atomic E-state index is 14.1. The molecule has 2 saturated heterocycles. The second-order valence-corrected chi connectivity index (χ2v) is 15.4. The summed E-state index contributed by atoms with van der Waals surface area (Å²) in [4.78, 5) is 70.9. The van der Waals surface area contributed by atoms with Gasteiger partial charge in [0.1, 0.15) is 24.2 Å². The van der Waals surface area contributed by atoms with E-state index < -0.39 is 18.2 Å². The Morgan fingerprint density at radius 3 is 1.93 bits per heavy atom. The normalized spacial score (nSPS) is 16.9. The zero-order valence-corrected chi connectivity index (χ0v) is 33.8. The summed E-state index contributed by atoms with van der Waals surface area (Å²) < 4.78 is 9.92. The summed E-state index contributed by atoms with van der Waals surface area (Å²) >= 11 is 0. The third-order valence-electron chi connectivity index (χ3n) is 11.2. The van der Waals surface area contributed by atoms with Crippen molar-refractivity contribution >= 4 is 34.8 Å². The third kappa shape index (κ3) is 8.58. The van der Waals surface area contributed by atoms with Crippen LogP contribution in [0.5, 0.6) is 0 Å². The van der Waals surface area contributed by atoms with Crippen molar-refractivity contribution in [3.63, 3.8) is 0 Å². The third-order valence-corrected chi connectivity index (χ3v) is 11.2. The zero-order valence-electron chi connectivity index (χ0n) is 33.8. The van der Waals surface area contributed by atoms with Crippen LogP contribution in [0.4, 0.5) is 9.59 Å². The topological polar surface area (TPSA) is 175 Å². The van der Waals surface area contributed by atoms with E-state index in [0.29, 0.717) is 24.5 Å². The van der Waals surface area contributed by atoms with E-state index in [2.05, 4.69) is 91.0 Å². The lowest BCUT2D eigenvalue weighted by atomic mass is 9.98. The van der Waals surface area contributed by atoms with Gasteiger partial charge in [-0.2, -0.15) is 0 Å². The number of likely N-dealkylation sites (tertiary alicyclic amines) is 2. The number of alkyl carbamates (subject to hydrolysis) is 2. The summed E-state index contributed by atoms with van der Waals surface area (Å²) in [6.45, 7) is 4.57. The summed E-state index contributed by atoms with van der Waals surface area (Å²) in [5.74, 6) is 1.05. The average molecular weight is 809 g/mol. The van der Waals surface area contributed by atoms with Crippen LogP contribution < -0.4 is 10.6 Å². The van der Waals surface area contributed by atoms with Gasteiger partial charge in [-0.15, -0.1) is 0 Å². The maximum absolute atomic E-state index is 14.1. The minimum Gasteiger partial charge on any atom is -0.453 e. The second-order valence-electron chi connectivity index (χ2n) is 15.4. The summed E-state index contributed by atoms with van der Waals surface area (Å²) in [5, 5.41) is 7.45. The first-order valence-corrected chi connectivity index (χ1v) is 20.3. The van der Waals surface area contributed by atoms with E-state index in [4.69, 9.17) is 9.72 Å². The minimum absolute atomic E-state index is 0.126. The van der Waals surface area contributed by atoms with E-state index >= 15 is 0 Å². The van der Waals surface area contributed by atoms with Gasteiger partial charge in [-0.25, -0.2) is 19.6 Å². The van der Waals surface area contributed by atoms with Crippen molar-refractivity contribution in [1.82, 2.24) is 40.4 Å². The Bertz CT molecular complexity index is 2500. The molecule has 0 radical (unpaired) electrons. The molecule has 60 heavy (non-hydrogen) atoms. The molecule has 2 aliphatic heterocycles. The number of hydrogen-bond donors (Lipinski definition) is 4. The lowest BCUT2D eigenvalue weighted by Gasteiger charge is -2.28. The van der Waals surface area contributed by atoms with Crippen molar-refractivity contribution in [1.29, 1.82) is 0 Å². The van der Waals surface area contributed by atoms with Gasteiger partial charge in [0, 0.05) is 18.7 Å². The molecule has 14 nitrogen and oxygen atoms in total. The van der Waals surface area contributed by atoms with E-state index in [1.807, 2.05) is 36.5 Å². The van der Waals surface area contributed by atoms with Crippen LogP contribution in [0.3, 0.4) is 0 Å². The van der Waals surface area contributed by atoms with E-state index in [1.165, 1.54) is 7.11 Å². The number of H-pyrrole nitrogens is 2. The van der Waals surface area contributed by atoms with Crippen LogP contribution >= 0.6 is 0 Å². The van der Waals surface area contributed by atoms with Crippen molar-refractivity contribution in [2.45, 2.75) is 63.8 Å². The Hall–Kier alpha value is -6.96. The SMILES string of the molecule is COC(=O)NCC(=O)N1CCC[C@H]1c1ncc(-c2ccc3cc(-c4ccc(-c5cnc([C@@H]6CCCN6C(=O)[C@H](NC(=O)OC(C)C)c6ccccc6)[nH]5)cc4)ccc3c2)[nH]1. The van der Waals surface area contributed by atoms with E-state index in [0.717, 1.165) is 75.9 Å². The van der Waals surface area contributed by atoms with Crippen LogP contribution in [0.2, 0.25) is 0 Å². The molecule has 4 heterocycles. The summed E-state index contributed by atoms with van der Waals surface area (Å²) in [6.07, 6.45) is 5.24. The number of ether oxygens (including phenoxy) is 2. The molecule has 2 aliphatic rings. The molecule has 0 bridgehead atoms. The van der Waals surface area contributed by atoms with Crippen molar-refractivity contribution in [3.8, 4) is 33.6 Å². The Kier molecular flexibility index (Phi) is 11.6. The first-order chi connectivity index (χ1) is 29.1. The number of rotatable bonds is 11. The molecule has 6 aromatic rings. The Labute approximate surface area is 347 Å². The van der Waals surface area contributed by atoms with Gasteiger partial charge >= 0.3 is 12.2 Å². The van der Waals surface area contributed by atoms with Crippen LogP contribution in [0, 0.1) is 0 Å². The zero-order chi connectivity index (χ0) is 41.8. The monoisotopic (exact) mass is 808 g/mol.